The van der Waals surface area contributed by atoms with Crippen LogP contribution >= 0.6 is 22.7 Å². The third-order valence-electron chi connectivity index (χ3n) is 8.43. The summed E-state index contributed by atoms with van der Waals surface area (Å²) in [5.74, 6) is 1.28. The summed E-state index contributed by atoms with van der Waals surface area (Å²) in [4.78, 5) is 19.4. The minimum atomic E-state index is -0.646. The molecule has 6 heteroatoms. The molecule has 46 heavy (non-hydrogen) atoms. The van der Waals surface area contributed by atoms with Gasteiger partial charge in [0.05, 0.1) is 0 Å². The Balaban J connectivity index is 0.00000116. The number of nitrogens with zero attached hydrogens (tertiary/aromatic N) is 2. The van der Waals surface area contributed by atoms with Crippen molar-refractivity contribution in [3.8, 4) is 26.3 Å². The maximum Gasteiger partial charge on any atom is 0.349 e. The molecule has 0 spiro atoms. The average Bonchev–Trinajstić information content (AvgIpc) is 3.85. The smallest absolute Gasteiger partial charge is 0.349 e. The van der Waals surface area contributed by atoms with Gasteiger partial charge in [-0.2, -0.15) is 5.26 Å². The van der Waals surface area contributed by atoms with Crippen LogP contribution in [-0.2, 0) is 9.53 Å². The van der Waals surface area contributed by atoms with Crippen LogP contribution in [0.5, 0.6) is 0 Å². The predicted molar refractivity (Wildman–Crippen MR) is 198 cm³/mol. The molecule has 0 amide bonds. The van der Waals surface area contributed by atoms with E-state index in [1.165, 1.54) is 45.1 Å². The second kappa shape index (κ2) is 15.3. The minimum Gasteiger partial charge on any atom is -0.456 e. The number of carbonyl (C=O) groups excluding carboxylic acids is 1. The zero-order valence-electron chi connectivity index (χ0n) is 28.8. The molecule has 1 fully saturated rings. The Labute approximate surface area is 284 Å². The summed E-state index contributed by atoms with van der Waals surface area (Å²) < 4.78 is 5.39. The number of ether oxygens (including phenoxy) is 1. The fourth-order valence-corrected chi connectivity index (χ4v) is 8.76. The third-order valence-corrected chi connectivity index (χ3v) is 10.8. The standard InChI is InChI=1S/C36H36N2O2S2.2C2H6/c1-6-23-18-22(2)33-28-20-24(12-14-29(28)38(34(23)33)26-10-8-7-9-11-26)30-16-17-32(42-30)31-15-13-27(41-31)19-25(21-37)35(39)40-36(3,4)5;2*1-2/h7-17,19-20,22-23,33-34H,6,18H2,1-5H3;2*1-2H3/b25-19+;;. The quantitative estimate of drug-likeness (QED) is 0.118. The first-order chi connectivity index (χ1) is 22.2. The summed E-state index contributed by atoms with van der Waals surface area (Å²) in [7, 11) is 0. The van der Waals surface area contributed by atoms with Gasteiger partial charge in [0.15, 0.2) is 0 Å². The van der Waals surface area contributed by atoms with Crippen LogP contribution in [0.4, 0.5) is 11.4 Å². The number of esters is 1. The van der Waals surface area contributed by atoms with Gasteiger partial charge in [-0.15, -0.1) is 22.7 Å². The van der Waals surface area contributed by atoms with Crippen molar-refractivity contribution in [2.75, 3.05) is 4.90 Å². The Morgan fingerprint density at radius 1 is 0.957 bits per heavy atom. The number of fused-ring (bicyclic) bond motifs is 3. The van der Waals surface area contributed by atoms with Gasteiger partial charge in [-0.3, -0.25) is 0 Å². The monoisotopic (exact) mass is 652 g/mol. The van der Waals surface area contributed by atoms with Gasteiger partial charge in [0, 0.05) is 42.8 Å². The largest absolute Gasteiger partial charge is 0.456 e. The number of thiophene rings is 2. The van der Waals surface area contributed by atoms with E-state index in [-0.39, 0.29) is 5.57 Å². The Morgan fingerprint density at radius 3 is 2.26 bits per heavy atom. The molecule has 3 heterocycles. The second-order valence-corrected chi connectivity index (χ2v) is 14.6. The Hall–Kier alpha value is -3.66. The van der Waals surface area contributed by atoms with Crippen molar-refractivity contribution in [3.05, 3.63) is 88.8 Å². The molecule has 4 nitrogen and oxygen atoms in total. The lowest BCUT2D eigenvalue weighted by Gasteiger charge is -2.31. The van der Waals surface area contributed by atoms with Crippen LogP contribution in [0.15, 0.2) is 78.4 Å². The molecule has 0 radical (unpaired) electrons. The fourth-order valence-electron chi connectivity index (χ4n) is 6.72. The molecule has 4 atom stereocenters. The number of hydrogen-bond acceptors (Lipinski definition) is 6. The van der Waals surface area contributed by atoms with Gasteiger partial charge < -0.3 is 9.64 Å². The van der Waals surface area contributed by atoms with E-state index in [2.05, 4.69) is 85.5 Å². The minimum absolute atomic E-state index is 0.0117. The molecule has 4 aromatic rings. The van der Waals surface area contributed by atoms with E-state index in [1.54, 1.807) is 49.5 Å². The first-order valence-corrected chi connectivity index (χ1v) is 18.3. The van der Waals surface area contributed by atoms with Crippen LogP contribution in [0.2, 0.25) is 0 Å². The first kappa shape index (κ1) is 35.2. The van der Waals surface area contributed by atoms with E-state index in [0.717, 1.165) is 9.75 Å². The van der Waals surface area contributed by atoms with Crippen LogP contribution in [0.1, 0.15) is 91.5 Å². The highest BCUT2D eigenvalue weighted by atomic mass is 32.1. The van der Waals surface area contributed by atoms with E-state index < -0.39 is 11.6 Å². The van der Waals surface area contributed by atoms with Crippen molar-refractivity contribution in [1.29, 1.82) is 5.26 Å². The summed E-state index contributed by atoms with van der Waals surface area (Å²) in [5.41, 5.74) is 4.76. The number of para-hydroxylation sites is 1. The van der Waals surface area contributed by atoms with E-state index in [0.29, 0.717) is 23.8 Å². The zero-order chi connectivity index (χ0) is 33.6. The van der Waals surface area contributed by atoms with Gasteiger partial charge >= 0.3 is 5.97 Å². The number of rotatable bonds is 6. The lowest BCUT2D eigenvalue weighted by atomic mass is 9.88. The summed E-state index contributed by atoms with van der Waals surface area (Å²) in [6, 6.07) is 28.9. The van der Waals surface area contributed by atoms with Crippen LogP contribution in [0.3, 0.4) is 0 Å². The highest BCUT2D eigenvalue weighted by Crippen LogP contribution is 2.58. The molecule has 1 saturated carbocycles. The molecule has 2 aromatic carbocycles. The number of anilines is 2. The van der Waals surface area contributed by atoms with Gasteiger partial charge in [0.1, 0.15) is 17.2 Å². The molecule has 2 aromatic heterocycles. The molecule has 4 unspecified atom stereocenters. The Kier molecular flexibility index (Phi) is 11.7. The molecule has 242 valence electrons. The zero-order valence-corrected chi connectivity index (χ0v) is 30.4. The van der Waals surface area contributed by atoms with Crippen LogP contribution < -0.4 is 4.90 Å². The van der Waals surface area contributed by atoms with Gasteiger partial charge in [0.2, 0.25) is 0 Å². The molecular weight excluding hydrogens is 605 g/mol. The van der Waals surface area contributed by atoms with Crippen molar-refractivity contribution in [2.45, 2.75) is 92.7 Å². The maximum absolute atomic E-state index is 12.4. The summed E-state index contributed by atoms with van der Waals surface area (Å²) in [6.45, 7) is 18.2. The predicted octanol–water partition coefficient (Wildman–Crippen LogP) is 12.1. The summed E-state index contributed by atoms with van der Waals surface area (Å²) >= 11 is 3.36. The van der Waals surface area contributed by atoms with Gasteiger partial charge in [-0.1, -0.05) is 72.2 Å². The van der Waals surface area contributed by atoms with Crippen molar-refractivity contribution < 1.29 is 9.53 Å². The van der Waals surface area contributed by atoms with Gasteiger partial charge in [0.25, 0.3) is 0 Å². The molecule has 0 bridgehead atoms. The Morgan fingerprint density at radius 2 is 1.61 bits per heavy atom. The lowest BCUT2D eigenvalue weighted by molar-refractivity contribution is -0.149. The van der Waals surface area contributed by atoms with Crippen molar-refractivity contribution >= 4 is 46.1 Å². The molecular formula is C40H48N2O2S2. The second-order valence-electron chi connectivity index (χ2n) is 12.4. The van der Waals surface area contributed by atoms with Crippen molar-refractivity contribution in [3.63, 3.8) is 0 Å². The molecule has 0 saturated heterocycles. The van der Waals surface area contributed by atoms with E-state index in [4.69, 9.17) is 4.74 Å². The van der Waals surface area contributed by atoms with E-state index in [9.17, 15) is 10.1 Å². The van der Waals surface area contributed by atoms with Crippen molar-refractivity contribution in [1.82, 2.24) is 0 Å². The van der Waals surface area contributed by atoms with E-state index in [1.807, 2.05) is 39.8 Å². The topological polar surface area (TPSA) is 53.3 Å². The normalized spacial score (nSPS) is 20.0. The average molecular weight is 653 g/mol. The number of benzene rings is 2. The molecule has 0 N–H and O–H groups in total. The van der Waals surface area contributed by atoms with Crippen LogP contribution in [-0.4, -0.2) is 17.6 Å². The molecule has 6 rings (SSSR count). The molecule has 1 aliphatic heterocycles. The summed E-state index contributed by atoms with van der Waals surface area (Å²) in [6.07, 6.45) is 4.10. The number of carbonyl (C=O) groups is 1. The highest BCUT2D eigenvalue weighted by molar-refractivity contribution is 7.24. The lowest BCUT2D eigenvalue weighted by Crippen LogP contribution is -2.32. The van der Waals surface area contributed by atoms with Crippen molar-refractivity contribution in [2.24, 2.45) is 11.8 Å². The Bertz CT molecular complexity index is 1690. The van der Waals surface area contributed by atoms with Crippen LogP contribution in [0.25, 0.3) is 26.3 Å². The van der Waals surface area contributed by atoms with Gasteiger partial charge in [-0.25, -0.2) is 4.79 Å². The molecule has 2 aliphatic rings. The first-order valence-electron chi connectivity index (χ1n) is 16.7. The number of hydrogen-bond donors (Lipinski definition) is 0. The van der Waals surface area contributed by atoms with Gasteiger partial charge in [-0.05, 0) is 105 Å². The highest BCUT2D eigenvalue weighted by Gasteiger charge is 2.50. The summed E-state index contributed by atoms with van der Waals surface area (Å²) in [5, 5.41) is 9.54. The SMILES string of the molecule is CC.CC.CCC1CC(C)C2c3cc(-c4ccc(-c5ccc(/C=C(\C#N)C(=O)OC(C)(C)C)s5)s4)ccc3N(c3ccccc3)C12. The maximum atomic E-state index is 12.4. The van der Waals surface area contributed by atoms with Crippen LogP contribution in [0, 0.1) is 23.2 Å². The molecule has 1 aliphatic carbocycles. The van der Waals surface area contributed by atoms with E-state index >= 15 is 0 Å². The third kappa shape index (κ3) is 7.32. The fraction of sp³-hybridized carbons (Fsp3) is 0.400. The number of nitriles is 1.